The molecule has 3 nitrogen and oxygen atoms in total. The van der Waals surface area contributed by atoms with Gasteiger partial charge in [-0.05, 0) is 17.5 Å². The second-order valence-corrected chi connectivity index (χ2v) is 8.59. The second-order valence-electron chi connectivity index (χ2n) is 7.44. The molecule has 0 spiro atoms. The molecule has 2 fully saturated rings. The van der Waals surface area contributed by atoms with Crippen LogP contribution in [-0.4, -0.2) is 16.5 Å². The highest BCUT2D eigenvalue weighted by atomic mass is 32.2. The molecule has 2 atom stereocenters. The van der Waals surface area contributed by atoms with Crippen LogP contribution < -0.4 is 0 Å². The van der Waals surface area contributed by atoms with Crippen molar-refractivity contribution in [2.24, 2.45) is 10.8 Å². The molecule has 0 aliphatic carbocycles. The van der Waals surface area contributed by atoms with Crippen molar-refractivity contribution in [2.75, 3.05) is 5.75 Å². The number of phenolic OH excluding ortho intramolecular Hbond substituents is 1. The van der Waals surface area contributed by atoms with Crippen LogP contribution in [0.15, 0.2) is 24.3 Å². The van der Waals surface area contributed by atoms with Crippen molar-refractivity contribution >= 4 is 11.8 Å². The predicted molar refractivity (Wildman–Crippen MR) is 80.4 cm³/mol. The number of fused-ring (bicyclic) bond motifs is 1. The van der Waals surface area contributed by atoms with Crippen molar-refractivity contribution < 1.29 is 14.9 Å². The maximum atomic E-state index is 9.81. The largest absolute Gasteiger partial charge is 0.508 e. The average molecular weight is 294 g/mol. The number of benzene rings is 1. The van der Waals surface area contributed by atoms with Crippen LogP contribution in [0.3, 0.4) is 0 Å². The Bertz CT molecular complexity index is 549. The molecule has 2 aliphatic heterocycles. The van der Waals surface area contributed by atoms with Crippen molar-refractivity contribution in [2.45, 2.75) is 45.2 Å². The number of phenols is 1. The Morgan fingerprint density at radius 3 is 2.40 bits per heavy atom. The fraction of sp³-hybridized carbons (Fsp3) is 0.625. The van der Waals surface area contributed by atoms with E-state index in [-0.39, 0.29) is 16.6 Å². The van der Waals surface area contributed by atoms with Gasteiger partial charge < -0.3 is 5.11 Å². The Morgan fingerprint density at radius 2 is 1.90 bits per heavy atom. The van der Waals surface area contributed by atoms with Crippen molar-refractivity contribution in [3.8, 4) is 5.75 Å². The number of hydrogen-bond acceptors (Lipinski definition) is 4. The molecule has 20 heavy (non-hydrogen) atoms. The molecule has 3 rings (SSSR count). The lowest BCUT2D eigenvalue weighted by molar-refractivity contribution is -0.566. The zero-order valence-corrected chi connectivity index (χ0v) is 13.5. The van der Waals surface area contributed by atoms with E-state index in [2.05, 4.69) is 34.6 Å². The smallest absolute Gasteiger partial charge is 0.207 e. The van der Waals surface area contributed by atoms with Gasteiger partial charge in [0.05, 0.1) is 0 Å². The first-order valence-electron chi connectivity index (χ1n) is 6.97. The molecule has 0 aromatic heterocycles. The van der Waals surface area contributed by atoms with Gasteiger partial charge in [0, 0.05) is 16.7 Å². The van der Waals surface area contributed by atoms with E-state index in [4.69, 9.17) is 9.78 Å². The maximum absolute atomic E-state index is 9.81. The van der Waals surface area contributed by atoms with E-state index >= 15 is 0 Å². The van der Waals surface area contributed by atoms with Gasteiger partial charge in [-0.3, -0.25) is 0 Å². The molecule has 2 heterocycles. The molecule has 2 aliphatic rings. The molecule has 1 aromatic rings. The van der Waals surface area contributed by atoms with Gasteiger partial charge in [0.15, 0.2) is 5.60 Å². The molecule has 0 radical (unpaired) electrons. The van der Waals surface area contributed by atoms with Crippen molar-refractivity contribution in [3.63, 3.8) is 0 Å². The summed E-state index contributed by atoms with van der Waals surface area (Å²) in [6.07, 6.45) is 0. The van der Waals surface area contributed by atoms with E-state index in [1.54, 1.807) is 23.9 Å². The average Bonchev–Trinajstić information content (AvgIpc) is 2.41. The molecule has 4 heteroatoms. The van der Waals surface area contributed by atoms with Gasteiger partial charge in [-0.25, -0.2) is 9.78 Å². The Kier molecular flexibility index (Phi) is 2.80. The van der Waals surface area contributed by atoms with Gasteiger partial charge in [0.25, 0.3) is 0 Å². The molecule has 2 saturated heterocycles. The van der Waals surface area contributed by atoms with Crippen LogP contribution >= 0.6 is 11.8 Å². The summed E-state index contributed by atoms with van der Waals surface area (Å²) in [7, 11) is 0. The topological polar surface area (TPSA) is 38.7 Å². The summed E-state index contributed by atoms with van der Waals surface area (Å²) in [6, 6.07) is 7.35. The Labute approximate surface area is 124 Å². The number of thioether (sulfide) groups is 1. The highest BCUT2D eigenvalue weighted by Crippen LogP contribution is 2.74. The minimum atomic E-state index is -0.534. The lowest BCUT2D eigenvalue weighted by Gasteiger charge is -2.62. The van der Waals surface area contributed by atoms with Crippen LogP contribution in [0.25, 0.3) is 0 Å². The zero-order valence-electron chi connectivity index (χ0n) is 12.7. The van der Waals surface area contributed by atoms with E-state index in [1.807, 2.05) is 12.1 Å². The Morgan fingerprint density at radius 1 is 1.20 bits per heavy atom. The van der Waals surface area contributed by atoms with Gasteiger partial charge >= 0.3 is 0 Å². The van der Waals surface area contributed by atoms with Crippen LogP contribution in [0.1, 0.15) is 40.2 Å². The first-order chi connectivity index (χ1) is 9.16. The first kappa shape index (κ1) is 14.2. The summed E-state index contributed by atoms with van der Waals surface area (Å²) in [5.41, 5.74) is 0.476. The highest BCUT2D eigenvalue weighted by Gasteiger charge is 2.80. The standard InChI is InChI=1S/C16H22O3S/c1-13(2,3)16-14(4,5)10-20-15(16,18-19-16)11-7-6-8-12(17)9-11/h6-9,17H,10H2,1-5H3/t15-,16+/m1/s1. The number of aromatic hydroxyl groups is 1. The van der Waals surface area contributed by atoms with Crippen LogP contribution in [0.2, 0.25) is 0 Å². The number of rotatable bonds is 1. The third-order valence-electron chi connectivity index (χ3n) is 4.62. The summed E-state index contributed by atoms with van der Waals surface area (Å²) < 4.78 is 0. The van der Waals surface area contributed by atoms with E-state index in [0.29, 0.717) is 0 Å². The number of hydrogen-bond donors (Lipinski definition) is 1. The van der Waals surface area contributed by atoms with Gasteiger partial charge in [0.1, 0.15) is 5.75 Å². The van der Waals surface area contributed by atoms with Gasteiger partial charge in [-0.15, -0.1) is 11.8 Å². The predicted octanol–water partition coefficient (Wildman–Crippen LogP) is 4.06. The summed E-state index contributed by atoms with van der Waals surface area (Å²) in [5.74, 6) is 1.22. The molecular formula is C16H22O3S. The van der Waals surface area contributed by atoms with E-state index in [0.717, 1.165) is 11.3 Å². The van der Waals surface area contributed by atoms with E-state index in [9.17, 15) is 5.11 Å². The van der Waals surface area contributed by atoms with Crippen LogP contribution in [0, 0.1) is 10.8 Å². The summed E-state index contributed by atoms with van der Waals surface area (Å²) >= 11 is 1.78. The zero-order chi connectivity index (χ0) is 14.8. The van der Waals surface area contributed by atoms with Crippen LogP contribution in [-0.2, 0) is 14.7 Å². The second kappa shape index (κ2) is 3.93. The third-order valence-corrected chi connectivity index (χ3v) is 6.48. The van der Waals surface area contributed by atoms with Crippen molar-refractivity contribution in [3.05, 3.63) is 29.8 Å². The Balaban J connectivity index is 2.19. The lowest BCUT2D eigenvalue weighted by atomic mass is 9.58. The molecule has 1 aromatic carbocycles. The highest BCUT2D eigenvalue weighted by molar-refractivity contribution is 8.00. The summed E-state index contributed by atoms with van der Waals surface area (Å²) in [5, 5.41) is 9.81. The van der Waals surface area contributed by atoms with Gasteiger partial charge in [0.2, 0.25) is 4.93 Å². The third kappa shape index (κ3) is 1.45. The molecule has 0 unspecified atom stereocenters. The molecule has 110 valence electrons. The Hall–Kier alpha value is -0.710. The quantitative estimate of drug-likeness (QED) is 0.793. The minimum absolute atomic E-state index is 0.0143. The summed E-state index contributed by atoms with van der Waals surface area (Å²) in [4.78, 5) is 11.0. The van der Waals surface area contributed by atoms with Crippen LogP contribution in [0.5, 0.6) is 5.75 Å². The summed E-state index contributed by atoms with van der Waals surface area (Å²) in [6.45, 7) is 11.1. The molecular weight excluding hydrogens is 272 g/mol. The lowest BCUT2D eigenvalue weighted by Crippen LogP contribution is -2.71. The fourth-order valence-corrected chi connectivity index (χ4v) is 5.91. The van der Waals surface area contributed by atoms with Crippen molar-refractivity contribution in [1.29, 1.82) is 0 Å². The van der Waals surface area contributed by atoms with Crippen molar-refractivity contribution in [1.82, 2.24) is 0 Å². The maximum Gasteiger partial charge on any atom is 0.207 e. The molecule has 0 saturated carbocycles. The fourth-order valence-electron chi connectivity index (χ4n) is 3.95. The monoisotopic (exact) mass is 294 g/mol. The van der Waals surface area contributed by atoms with E-state index < -0.39 is 10.5 Å². The normalized spacial score (nSPS) is 35.5. The molecule has 0 amide bonds. The van der Waals surface area contributed by atoms with Gasteiger partial charge in [-0.2, -0.15) is 0 Å². The first-order valence-corrected chi connectivity index (χ1v) is 7.95. The van der Waals surface area contributed by atoms with E-state index in [1.165, 1.54) is 0 Å². The molecule has 1 N–H and O–H groups in total. The minimum Gasteiger partial charge on any atom is -0.508 e. The SMILES string of the molecule is CC(C)(C)[C@@]12OO[C@]1(c1cccc(O)c1)SCC2(C)C. The van der Waals surface area contributed by atoms with Crippen LogP contribution in [0.4, 0.5) is 0 Å². The van der Waals surface area contributed by atoms with Gasteiger partial charge in [-0.1, -0.05) is 46.8 Å². The molecule has 0 bridgehead atoms.